The molecule has 1 atom stereocenters. The highest BCUT2D eigenvalue weighted by molar-refractivity contribution is 5.74. The highest BCUT2D eigenvalue weighted by atomic mass is 16.5. The maximum Gasteiger partial charge on any atom is 0.317 e. The summed E-state index contributed by atoms with van der Waals surface area (Å²) in [7, 11) is 0. The van der Waals surface area contributed by atoms with Crippen LogP contribution < -0.4 is 10.1 Å². The summed E-state index contributed by atoms with van der Waals surface area (Å²) in [5.41, 5.74) is 1.25. The Kier molecular flexibility index (Phi) is 6.52. The van der Waals surface area contributed by atoms with Gasteiger partial charge in [-0.05, 0) is 37.5 Å². The molecule has 1 N–H and O–H groups in total. The van der Waals surface area contributed by atoms with E-state index in [0.717, 1.165) is 25.2 Å². The summed E-state index contributed by atoms with van der Waals surface area (Å²) in [5, 5.41) is 3.00. The zero-order valence-electron chi connectivity index (χ0n) is 13.5. The zero-order chi connectivity index (χ0) is 15.8. The van der Waals surface area contributed by atoms with Crippen LogP contribution in [-0.4, -0.2) is 49.9 Å². The second-order valence-corrected chi connectivity index (χ2v) is 5.44. The van der Waals surface area contributed by atoms with Gasteiger partial charge in [0.2, 0.25) is 0 Å². The Morgan fingerprint density at radius 3 is 3.00 bits per heavy atom. The predicted molar refractivity (Wildman–Crippen MR) is 86.3 cm³/mol. The van der Waals surface area contributed by atoms with Gasteiger partial charge in [-0.15, -0.1) is 0 Å². The normalized spacial score (nSPS) is 17.3. The van der Waals surface area contributed by atoms with E-state index in [4.69, 9.17) is 9.47 Å². The van der Waals surface area contributed by atoms with Gasteiger partial charge in [0.25, 0.3) is 0 Å². The van der Waals surface area contributed by atoms with Crippen LogP contribution in [-0.2, 0) is 11.2 Å². The number of hydrogen-bond acceptors (Lipinski definition) is 3. The van der Waals surface area contributed by atoms with E-state index in [-0.39, 0.29) is 12.1 Å². The third-order valence-corrected chi connectivity index (χ3v) is 3.86. The van der Waals surface area contributed by atoms with E-state index in [2.05, 4.69) is 18.3 Å². The molecule has 2 rings (SSSR count). The lowest BCUT2D eigenvalue weighted by Crippen LogP contribution is -2.46. The fourth-order valence-electron chi connectivity index (χ4n) is 2.45. The molecule has 5 nitrogen and oxygen atoms in total. The molecule has 2 amide bonds. The maximum absolute atomic E-state index is 12.2. The van der Waals surface area contributed by atoms with Crippen molar-refractivity contribution in [2.24, 2.45) is 0 Å². The van der Waals surface area contributed by atoms with Gasteiger partial charge in [-0.25, -0.2) is 4.79 Å². The molecule has 0 bridgehead atoms. The SMILES string of the molecule is CCc1cccc(OCCN(CC)C(=O)N[C@H]2CCOC2)c1. The Bertz CT molecular complexity index is 473. The molecule has 122 valence electrons. The monoisotopic (exact) mass is 306 g/mol. The van der Waals surface area contributed by atoms with Crippen molar-refractivity contribution in [1.82, 2.24) is 10.2 Å². The van der Waals surface area contributed by atoms with Crippen LogP contribution in [0.25, 0.3) is 0 Å². The van der Waals surface area contributed by atoms with Crippen LogP contribution in [0.2, 0.25) is 0 Å². The second-order valence-electron chi connectivity index (χ2n) is 5.44. The summed E-state index contributed by atoms with van der Waals surface area (Å²) < 4.78 is 11.0. The number of amides is 2. The highest BCUT2D eigenvalue weighted by Crippen LogP contribution is 2.13. The lowest BCUT2D eigenvalue weighted by atomic mass is 10.2. The second kappa shape index (κ2) is 8.63. The third kappa shape index (κ3) is 4.91. The number of rotatable bonds is 7. The molecule has 1 aromatic carbocycles. The van der Waals surface area contributed by atoms with E-state index in [9.17, 15) is 4.79 Å². The summed E-state index contributed by atoms with van der Waals surface area (Å²) >= 11 is 0. The van der Waals surface area contributed by atoms with E-state index in [1.807, 2.05) is 25.1 Å². The van der Waals surface area contributed by atoms with Gasteiger partial charge in [0.05, 0.1) is 19.2 Å². The topological polar surface area (TPSA) is 50.8 Å². The van der Waals surface area contributed by atoms with E-state index in [1.54, 1.807) is 4.90 Å². The summed E-state index contributed by atoms with van der Waals surface area (Å²) in [6.07, 6.45) is 1.88. The van der Waals surface area contributed by atoms with Gasteiger partial charge in [0, 0.05) is 13.2 Å². The van der Waals surface area contributed by atoms with Crippen molar-refractivity contribution >= 4 is 6.03 Å². The smallest absolute Gasteiger partial charge is 0.317 e. The number of carbonyl (C=O) groups excluding carboxylic acids is 1. The van der Waals surface area contributed by atoms with E-state index in [1.165, 1.54) is 5.56 Å². The molecular weight excluding hydrogens is 280 g/mol. The average Bonchev–Trinajstić information content (AvgIpc) is 3.04. The largest absolute Gasteiger partial charge is 0.492 e. The van der Waals surface area contributed by atoms with Crippen molar-refractivity contribution in [2.45, 2.75) is 32.7 Å². The molecule has 1 heterocycles. The Morgan fingerprint density at radius 1 is 1.45 bits per heavy atom. The third-order valence-electron chi connectivity index (χ3n) is 3.86. The molecule has 0 spiro atoms. The average molecular weight is 306 g/mol. The molecule has 0 unspecified atom stereocenters. The first-order chi connectivity index (χ1) is 10.7. The fraction of sp³-hybridized carbons (Fsp3) is 0.588. The van der Waals surface area contributed by atoms with Gasteiger partial charge in [0.15, 0.2) is 0 Å². The Balaban J connectivity index is 1.76. The number of aryl methyl sites for hydroxylation is 1. The number of hydrogen-bond donors (Lipinski definition) is 1. The standard InChI is InChI=1S/C17H26N2O3/c1-3-14-6-5-7-16(12-14)22-11-9-19(4-2)17(20)18-15-8-10-21-13-15/h5-7,12,15H,3-4,8-11,13H2,1-2H3,(H,18,20)/t15-/m0/s1. The van der Waals surface area contributed by atoms with Gasteiger partial charge < -0.3 is 19.7 Å². The molecule has 5 heteroatoms. The molecule has 0 radical (unpaired) electrons. The number of carbonyl (C=O) groups is 1. The molecule has 0 aromatic heterocycles. The first kappa shape index (κ1) is 16.6. The number of ether oxygens (including phenoxy) is 2. The van der Waals surface area contributed by atoms with Crippen LogP contribution in [0.15, 0.2) is 24.3 Å². The molecule has 1 aliphatic heterocycles. The van der Waals surface area contributed by atoms with Crippen molar-refractivity contribution in [3.8, 4) is 5.75 Å². The maximum atomic E-state index is 12.2. The number of urea groups is 1. The van der Waals surface area contributed by atoms with Crippen LogP contribution in [0.3, 0.4) is 0 Å². The summed E-state index contributed by atoms with van der Waals surface area (Å²) in [6.45, 7) is 7.18. The van der Waals surface area contributed by atoms with Crippen LogP contribution >= 0.6 is 0 Å². The van der Waals surface area contributed by atoms with Crippen LogP contribution in [0.5, 0.6) is 5.75 Å². The fourth-order valence-corrected chi connectivity index (χ4v) is 2.45. The number of likely N-dealkylation sites (N-methyl/N-ethyl adjacent to an activating group) is 1. The van der Waals surface area contributed by atoms with Crippen LogP contribution in [0.4, 0.5) is 4.79 Å². The van der Waals surface area contributed by atoms with Crippen molar-refractivity contribution in [2.75, 3.05) is 32.9 Å². The lowest BCUT2D eigenvalue weighted by molar-refractivity contribution is 0.172. The first-order valence-electron chi connectivity index (χ1n) is 8.07. The summed E-state index contributed by atoms with van der Waals surface area (Å²) in [6, 6.07) is 8.19. The van der Waals surface area contributed by atoms with Crippen molar-refractivity contribution in [3.63, 3.8) is 0 Å². The van der Waals surface area contributed by atoms with Gasteiger partial charge in [-0.2, -0.15) is 0 Å². The Labute approximate surface area is 132 Å². The van der Waals surface area contributed by atoms with Gasteiger partial charge >= 0.3 is 6.03 Å². The van der Waals surface area contributed by atoms with Gasteiger partial charge in [-0.1, -0.05) is 19.1 Å². The zero-order valence-corrected chi connectivity index (χ0v) is 13.5. The quantitative estimate of drug-likeness (QED) is 0.842. The molecule has 1 saturated heterocycles. The molecule has 0 saturated carbocycles. The Morgan fingerprint density at radius 2 is 2.32 bits per heavy atom. The van der Waals surface area contributed by atoms with Crippen molar-refractivity contribution < 1.29 is 14.3 Å². The number of benzene rings is 1. The highest BCUT2D eigenvalue weighted by Gasteiger charge is 2.20. The molecule has 1 fully saturated rings. The minimum atomic E-state index is -0.0380. The predicted octanol–water partition coefficient (Wildman–Crippen LogP) is 2.45. The van der Waals surface area contributed by atoms with Gasteiger partial charge in [-0.3, -0.25) is 0 Å². The van der Waals surface area contributed by atoms with E-state index < -0.39 is 0 Å². The van der Waals surface area contributed by atoms with Crippen LogP contribution in [0, 0.1) is 0 Å². The van der Waals surface area contributed by atoms with Crippen molar-refractivity contribution in [3.05, 3.63) is 29.8 Å². The molecular formula is C17H26N2O3. The van der Waals surface area contributed by atoms with E-state index in [0.29, 0.717) is 26.3 Å². The van der Waals surface area contributed by atoms with Crippen molar-refractivity contribution in [1.29, 1.82) is 0 Å². The first-order valence-corrected chi connectivity index (χ1v) is 8.07. The van der Waals surface area contributed by atoms with E-state index >= 15 is 0 Å². The lowest BCUT2D eigenvalue weighted by Gasteiger charge is -2.23. The molecule has 0 aliphatic carbocycles. The Hall–Kier alpha value is -1.75. The summed E-state index contributed by atoms with van der Waals surface area (Å²) in [5.74, 6) is 0.861. The number of nitrogens with one attached hydrogen (secondary N) is 1. The molecule has 22 heavy (non-hydrogen) atoms. The molecule has 1 aromatic rings. The molecule has 1 aliphatic rings. The minimum Gasteiger partial charge on any atom is -0.492 e. The summed E-state index contributed by atoms with van der Waals surface area (Å²) in [4.78, 5) is 13.9. The van der Waals surface area contributed by atoms with Gasteiger partial charge in [0.1, 0.15) is 12.4 Å². The number of nitrogens with zero attached hydrogens (tertiary/aromatic N) is 1. The van der Waals surface area contributed by atoms with Crippen LogP contribution in [0.1, 0.15) is 25.8 Å². The minimum absolute atomic E-state index is 0.0380.